The van der Waals surface area contributed by atoms with E-state index in [1.807, 2.05) is 25.1 Å². The van der Waals surface area contributed by atoms with E-state index < -0.39 is 0 Å². The molecule has 1 aliphatic rings. The monoisotopic (exact) mass is 358 g/mol. The molecule has 5 heteroatoms. The second-order valence-electron chi connectivity index (χ2n) is 6.44. The first kappa shape index (κ1) is 18.7. The van der Waals surface area contributed by atoms with Crippen molar-refractivity contribution < 1.29 is 13.9 Å². The van der Waals surface area contributed by atoms with Crippen LogP contribution >= 0.6 is 0 Å². The Labute approximate surface area is 154 Å². The molecule has 0 spiro atoms. The third kappa shape index (κ3) is 4.34. The molecule has 1 atom stereocenters. The Bertz CT molecular complexity index is 698. The van der Waals surface area contributed by atoms with Crippen LogP contribution in [0.3, 0.4) is 0 Å². The standard InChI is InChI=1S/C21H27FN2O2/c1-3-26-20-15-17(7-10-19(20)25-2)21(16-5-8-18(22)9-6-16)24-13-4-11-23-12-14-24/h5-10,15,21,23H,3-4,11-14H2,1-2H3. The van der Waals surface area contributed by atoms with Gasteiger partial charge in [-0.1, -0.05) is 18.2 Å². The molecule has 1 unspecified atom stereocenters. The predicted octanol–water partition coefficient (Wildman–Crippen LogP) is 3.62. The van der Waals surface area contributed by atoms with Crippen molar-refractivity contribution in [2.45, 2.75) is 19.4 Å². The van der Waals surface area contributed by atoms with Crippen molar-refractivity contribution >= 4 is 0 Å². The van der Waals surface area contributed by atoms with Gasteiger partial charge in [0.2, 0.25) is 0 Å². The molecule has 1 saturated heterocycles. The molecule has 26 heavy (non-hydrogen) atoms. The number of methoxy groups -OCH3 is 1. The first-order valence-corrected chi connectivity index (χ1v) is 9.24. The molecule has 1 heterocycles. The summed E-state index contributed by atoms with van der Waals surface area (Å²) in [6.45, 7) is 6.45. The quantitative estimate of drug-likeness (QED) is 0.855. The summed E-state index contributed by atoms with van der Waals surface area (Å²) in [6, 6.07) is 13.0. The van der Waals surface area contributed by atoms with E-state index in [1.54, 1.807) is 7.11 Å². The van der Waals surface area contributed by atoms with Crippen LogP contribution in [0.1, 0.15) is 30.5 Å². The molecule has 0 saturated carbocycles. The highest BCUT2D eigenvalue weighted by molar-refractivity contribution is 5.46. The number of nitrogens with zero attached hydrogens (tertiary/aromatic N) is 1. The van der Waals surface area contributed by atoms with Crippen LogP contribution in [0.5, 0.6) is 11.5 Å². The highest BCUT2D eigenvalue weighted by atomic mass is 19.1. The van der Waals surface area contributed by atoms with Crippen molar-refractivity contribution in [3.05, 3.63) is 59.4 Å². The van der Waals surface area contributed by atoms with Gasteiger partial charge in [0.1, 0.15) is 5.82 Å². The van der Waals surface area contributed by atoms with E-state index in [4.69, 9.17) is 9.47 Å². The smallest absolute Gasteiger partial charge is 0.161 e. The summed E-state index contributed by atoms with van der Waals surface area (Å²) in [7, 11) is 1.65. The number of hydrogen-bond donors (Lipinski definition) is 1. The molecule has 4 nitrogen and oxygen atoms in total. The van der Waals surface area contributed by atoms with Gasteiger partial charge in [0, 0.05) is 19.6 Å². The zero-order valence-corrected chi connectivity index (χ0v) is 15.5. The van der Waals surface area contributed by atoms with Gasteiger partial charge in [-0.25, -0.2) is 4.39 Å². The van der Waals surface area contributed by atoms with Gasteiger partial charge in [0.15, 0.2) is 11.5 Å². The summed E-state index contributed by atoms with van der Waals surface area (Å²) in [5.41, 5.74) is 2.21. The van der Waals surface area contributed by atoms with Crippen molar-refractivity contribution in [2.24, 2.45) is 0 Å². The molecule has 0 bridgehead atoms. The summed E-state index contributed by atoms with van der Waals surface area (Å²) >= 11 is 0. The molecule has 2 aromatic carbocycles. The van der Waals surface area contributed by atoms with Crippen LogP contribution in [0.15, 0.2) is 42.5 Å². The van der Waals surface area contributed by atoms with Crippen molar-refractivity contribution in [3.8, 4) is 11.5 Å². The lowest BCUT2D eigenvalue weighted by atomic mass is 9.96. The number of hydrogen-bond acceptors (Lipinski definition) is 4. The molecular formula is C21H27FN2O2. The van der Waals surface area contributed by atoms with Crippen LogP contribution in [0.25, 0.3) is 0 Å². The Balaban J connectivity index is 2.01. The molecule has 0 radical (unpaired) electrons. The fraction of sp³-hybridized carbons (Fsp3) is 0.429. The minimum atomic E-state index is -0.213. The van der Waals surface area contributed by atoms with E-state index in [0.717, 1.165) is 55.2 Å². The van der Waals surface area contributed by atoms with Crippen molar-refractivity contribution in [1.82, 2.24) is 10.2 Å². The number of halogens is 1. The number of rotatable bonds is 6. The molecule has 1 N–H and O–H groups in total. The Morgan fingerprint density at radius 1 is 1.04 bits per heavy atom. The fourth-order valence-electron chi connectivity index (χ4n) is 3.52. The lowest BCUT2D eigenvalue weighted by molar-refractivity contribution is 0.239. The Kier molecular flexibility index (Phi) is 6.47. The summed E-state index contributed by atoms with van der Waals surface area (Å²) in [5, 5.41) is 3.45. The average Bonchev–Trinajstić information content (AvgIpc) is 2.93. The van der Waals surface area contributed by atoms with Crippen molar-refractivity contribution in [3.63, 3.8) is 0 Å². The minimum absolute atomic E-state index is 0.0561. The van der Waals surface area contributed by atoms with Gasteiger partial charge in [0.05, 0.1) is 19.8 Å². The number of nitrogens with one attached hydrogen (secondary N) is 1. The van der Waals surface area contributed by atoms with Gasteiger partial charge in [-0.15, -0.1) is 0 Å². The second kappa shape index (κ2) is 9.01. The Hall–Kier alpha value is -2.11. The maximum Gasteiger partial charge on any atom is 0.161 e. The minimum Gasteiger partial charge on any atom is -0.493 e. The van der Waals surface area contributed by atoms with Crippen LogP contribution in [0, 0.1) is 5.82 Å². The molecule has 3 rings (SSSR count). The molecular weight excluding hydrogens is 331 g/mol. The first-order valence-electron chi connectivity index (χ1n) is 9.24. The van der Waals surface area contributed by atoms with Crippen LogP contribution in [-0.4, -0.2) is 44.8 Å². The highest BCUT2D eigenvalue weighted by Crippen LogP contribution is 2.35. The largest absolute Gasteiger partial charge is 0.493 e. The molecule has 2 aromatic rings. The summed E-state index contributed by atoms with van der Waals surface area (Å²) in [6.07, 6.45) is 1.09. The van der Waals surface area contributed by atoms with Crippen LogP contribution in [0.2, 0.25) is 0 Å². The topological polar surface area (TPSA) is 33.7 Å². The normalized spacial score (nSPS) is 16.7. The van der Waals surface area contributed by atoms with Gasteiger partial charge in [0.25, 0.3) is 0 Å². The Morgan fingerprint density at radius 3 is 2.54 bits per heavy atom. The molecule has 1 fully saturated rings. The van der Waals surface area contributed by atoms with E-state index in [9.17, 15) is 4.39 Å². The average molecular weight is 358 g/mol. The van der Waals surface area contributed by atoms with E-state index in [0.29, 0.717) is 6.61 Å². The van der Waals surface area contributed by atoms with Gasteiger partial charge in [-0.2, -0.15) is 0 Å². The van der Waals surface area contributed by atoms with Crippen molar-refractivity contribution in [2.75, 3.05) is 39.9 Å². The van der Waals surface area contributed by atoms with Gasteiger partial charge >= 0.3 is 0 Å². The first-order chi connectivity index (χ1) is 12.7. The highest BCUT2D eigenvalue weighted by Gasteiger charge is 2.24. The maximum atomic E-state index is 13.5. The maximum absolute atomic E-state index is 13.5. The van der Waals surface area contributed by atoms with Gasteiger partial charge in [-0.05, 0) is 55.3 Å². The van der Waals surface area contributed by atoms with E-state index >= 15 is 0 Å². The molecule has 0 aromatic heterocycles. The van der Waals surface area contributed by atoms with Crippen LogP contribution < -0.4 is 14.8 Å². The van der Waals surface area contributed by atoms with Crippen LogP contribution in [0.4, 0.5) is 4.39 Å². The van der Waals surface area contributed by atoms with Crippen LogP contribution in [-0.2, 0) is 0 Å². The fourth-order valence-corrected chi connectivity index (χ4v) is 3.52. The summed E-state index contributed by atoms with van der Waals surface area (Å²) < 4.78 is 24.7. The van der Waals surface area contributed by atoms with E-state index in [2.05, 4.69) is 22.3 Å². The van der Waals surface area contributed by atoms with Gasteiger partial charge in [-0.3, -0.25) is 4.90 Å². The summed E-state index contributed by atoms with van der Waals surface area (Å²) in [5.74, 6) is 1.26. The zero-order valence-electron chi connectivity index (χ0n) is 15.5. The lowest BCUT2D eigenvalue weighted by Crippen LogP contribution is -2.33. The zero-order chi connectivity index (χ0) is 18.4. The number of benzene rings is 2. The predicted molar refractivity (Wildman–Crippen MR) is 101 cm³/mol. The Morgan fingerprint density at radius 2 is 1.81 bits per heavy atom. The van der Waals surface area contributed by atoms with E-state index in [-0.39, 0.29) is 11.9 Å². The molecule has 0 aliphatic carbocycles. The van der Waals surface area contributed by atoms with Gasteiger partial charge < -0.3 is 14.8 Å². The number of ether oxygens (including phenoxy) is 2. The SMILES string of the molecule is CCOc1cc(C(c2ccc(F)cc2)N2CCCNCC2)ccc1OC. The third-order valence-electron chi connectivity index (χ3n) is 4.73. The molecule has 0 amide bonds. The molecule has 1 aliphatic heterocycles. The second-order valence-corrected chi connectivity index (χ2v) is 6.44. The third-order valence-corrected chi connectivity index (χ3v) is 4.73. The van der Waals surface area contributed by atoms with E-state index in [1.165, 1.54) is 12.1 Å². The molecule has 140 valence electrons. The lowest BCUT2D eigenvalue weighted by Gasteiger charge is -2.31. The van der Waals surface area contributed by atoms with Crippen molar-refractivity contribution in [1.29, 1.82) is 0 Å². The summed E-state index contributed by atoms with van der Waals surface area (Å²) in [4.78, 5) is 2.45.